The second-order valence-electron chi connectivity index (χ2n) is 12.1. The standard InChI is InChI=1S/C37H22N4O3/c1-42-19-15-27-28-16-20(43-2)18-32-39-26-10-6-4-8-22(26)24-12-14-30-34(36(24)39)37(41(28)32)33-29(44-30)13-11-23-21-7-3-5-9-25(21)38(35(23)33)31(17-19)40(27)37/h3-18H,1-2H3/q+2. The van der Waals surface area contributed by atoms with Crippen LogP contribution in [0, 0.1) is 0 Å². The molecule has 8 aromatic rings. The molecule has 4 aromatic heterocycles. The zero-order valence-electron chi connectivity index (χ0n) is 23.8. The third-order valence-electron chi connectivity index (χ3n) is 10.4. The van der Waals surface area contributed by atoms with E-state index in [4.69, 9.17) is 14.2 Å². The van der Waals surface area contributed by atoms with Gasteiger partial charge in [-0.15, -0.1) is 0 Å². The fraction of sp³-hybridized carbons (Fsp3) is 0.0811. The van der Waals surface area contributed by atoms with Crippen LogP contribution in [0.5, 0.6) is 23.0 Å². The van der Waals surface area contributed by atoms with E-state index in [1.54, 1.807) is 14.2 Å². The van der Waals surface area contributed by atoms with Crippen LogP contribution in [0.2, 0.25) is 0 Å². The molecule has 4 aliphatic heterocycles. The molecule has 0 N–H and O–H groups in total. The summed E-state index contributed by atoms with van der Waals surface area (Å²) in [4.78, 5) is 0. The van der Waals surface area contributed by atoms with Gasteiger partial charge in [-0.1, -0.05) is 24.3 Å². The molecule has 1 spiro atoms. The lowest BCUT2D eigenvalue weighted by Crippen LogP contribution is -2.75. The highest BCUT2D eigenvalue weighted by Crippen LogP contribution is 2.58. The van der Waals surface area contributed by atoms with Crippen molar-refractivity contribution in [3.05, 3.63) is 108 Å². The van der Waals surface area contributed by atoms with Gasteiger partial charge in [0.15, 0.2) is 22.4 Å². The maximum Gasteiger partial charge on any atom is 0.323 e. The van der Waals surface area contributed by atoms with E-state index in [2.05, 4.69) is 115 Å². The first-order chi connectivity index (χ1) is 21.7. The number of hydrogen-bond acceptors (Lipinski definition) is 3. The molecule has 0 bridgehead atoms. The first-order valence-electron chi connectivity index (χ1n) is 14.9. The van der Waals surface area contributed by atoms with Crippen LogP contribution in [0.15, 0.2) is 97.1 Å². The smallest absolute Gasteiger partial charge is 0.323 e. The van der Waals surface area contributed by atoms with E-state index in [0.717, 1.165) is 79.2 Å². The lowest BCUT2D eigenvalue weighted by atomic mass is 9.82. The van der Waals surface area contributed by atoms with Crippen LogP contribution < -0.4 is 23.3 Å². The van der Waals surface area contributed by atoms with Gasteiger partial charge in [-0.05, 0) is 48.5 Å². The minimum atomic E-state index is -0.732. The zero-order valence-corrected chi connectivity index (χ0v) is 23.8. The quantitative estimate of drug-likeness (QED) is 0.224. The van der Waals surface area contributed by atoms with Gasteiger partial charge in [0.05, 0.1) is 26.4 Å². The van der Waals surface area contributed by atoms with Gasteiger partial charge in [0.2, 0.25) is 0 Å². The summed E-state index contributed by atoms with van der Waals surface area (Å²) in [6.07, 6.45) is 0. The van der Waals surface area contributed by atoms with Gasteiger partial charge in [0.25, 0.3) is 11.6 Å². The van der Waals surface area contributed by atoms with E-state index in [0.29, 0.717) is 0 Å². The SMILES string of the molecule is COc1cc2[n+]3c(c1)-n1c4ccccc4c4ccc5c(c41)C31c3c(ccc4c6ccccc6n(c34)-c3cc(OC)cc-2[n+]31)O5. The van der Waals surface area contributed by atoms with Crippen molar-refractivity contribution in [1.29, 1.82) is 0 Å². The summed E-state index contributed by atoms with van der Waals surface area (Å²) in [5, 5.41) is 4.85. The summed E-state index contributed by atoms with van der Waals surface area (Å²) in [5.41, 5.74) is 8.34. The van der Waals surface area contributed by atoms with Crippen LogP contribution >= 0.6 is 0 Å². The number of methoxy groups -OCH3 is 2. The van der Waals surface area contributed by atoms with Crippen molar-refractivity contribution < 1.29 is 23.3 Å². The Balaban J connectivity index is 1.46. The van der Waals surface area contributed by atoms with Crippen molar-refractivity contribution in [2.45, 2.75) is 5.66 Å². The van der Waals surface area contributed by atoms with E-state index >= 15 is 0 Å². The van der Waals surface area contributed by atoms with Crippen molar-refractivity contribution >= 4 is 43.6 Å². The Morgan fingerprint density at radius 3 is 1.52 bits per heavy atom. The van der Waals surface area contributed by atoms with Crippen LogP contribution in [0.3, 0.4) is 0 Å². The molecule has 44 heavy (non-hydrogen) atoms. The average molecular weight is 571 g/mol. The third kappa shape index (κ3) is 1.99. The Morgan fingerprint density at radius 1 is 0.568 bits per heavy atom. The number of rotatable bonds is 2. The molecule has 0 radical (unpaired) electrons. The van der Waals surface area contributed by atoms with E-state index < -0.39 is 5.66 Å². The molecule has 7 heteroatoms. The minimum Gasteiger partial charge on any atom is -0.496 e. The average Bonchev–Trinajstić information content (AvgIpc) is 3.69. The molecule has 0 unspecified atom stereocenters. The monoisotopic (exact) mass is 570 g/mol. The molecule has 0 aliphatic carbocycles. The van der Waals surface area contributed by atoms with Gasteiger partial charge in [-0.25, -0.2) is 0 Å². The zero-order chi connectivity index (χ0) is 28.6. The fourth-order valence-corrected chi connectivity index (χ4v) is 8.92. The Hall–Kier alpha value is -5.82. The lowest BCUT2D eigenvalue weighted by molar-refractivity contribution is -0.934. The number of ether oxygens (including phenoxy) is 3. The molecule has 4 aliphatic rings. The predicted molar refractivity (Wildman–Crippen MR) is 166 cm³/mol. The summed E-state index contributed by atoms with van der Waals surface area (Å²) in [6.45, 7) is 0. The Labute approximate surface area is 249 Å². The molecule has 0 atom stereocenters. The van der Waals surface area contributed by atoms with E-state index in [-0.39, 0.29) is 0 Å². The maximum absolute atomic E-state index is 6.93. The first kappa shape index (κ1) is 21.8. The van der Waals surface area contributed by atoms with Crippen LogP contribution in [0.1, 0.15) is 11.1 Å². The fourth-order valence-electron chi connectivity index (χ4n) is 8.92. The summed E-state index contributed by atoms with van der Waals surface area (Å²) in [6, 6.07) is 34.8. The van der Waals surface area contributed by atoms with Crippen molar-refractivity contribution in [1.82, 2.24) is 9.13 Å². The third-order valence-corrected chi connectivity index (χ3v) is 10.4. The van der Waals surface area contributed by atoms with E-state index in [1.807, 2.05) is 0 Å². The second-order valence-corrected chi connectivity index (χ2v) is 12.1. The second kappa shape index (κ2) is 6.71. The largest absolute Gasteiger partial charge is 0.496 e. The first-order valence-corrected chi connectivity index (χ1v) is 14.9. The van der Waals surface area contributed by atoms with E-state index in [9.17, 15) is 0 Å². The topological polar surface area (TPSA) is 45.3 Å². The lowest BCUT2D eigenvalue weighted by Gasteiger charge is -2.38. The molecule has 4 aromatic carbocycles. The molecule has 0 saturated carbocycles. The molecule has 206 valence electrons. The van der Waals surface area contributed by atoms with Crippen molar-refractivity contribution in [3.63, 3.8) is 0 Å². The summed E-state index contributed by atoms with van der Waals surface area (Å²) in [5.74, 6) is 5.47. The Morgan fingerprint density at radius 2 is 1.05 bits per heavy atom. The molecular formula is C37H22N4O3+2. The highest BCUT2D eigenvalue weighted by atomic mass is 16.5. The van der Waals surface area contributed by atoms with Gasteiger partial charge >= 0.3 is 5.66 Å². The summed E-state index contributed by atoms with van der Waals surface area (Å²) < 4.78 is 28.8. The van der Waals surface area contributed by atoms with Gasteiger partial charge in [-0.3, -0.25) is 0 Å². The van der Waals surface area contributed by atoms with Crippen molar-refractivity contribution in [2.24, 2.45) is 0 Å². The Bertz CT molecular complexity index is 2550. The molecule has 0 saturated heterocycles. The van der Waals surface area contributed by atoms with Gasteiger partial charge < -0.3 is 14.2 Å². The highest BCUT2D eigenvalue weighted by molar-refractivity contribution is 6.14. The van der Waals surface area contributed by atoms with Crippen LogP contribution in [-0.4, -0.2) is 23.4 Å². The number of hydrogen-bond donors (Lipinski definition) is 0. The number of pyridine rings is 2. The van der Waals surface area contributed by atoms with Crippen molar-refractivity contribution in [2.75, 3.05) is 14.2 Å². The number of aromatic nitrogens is 4. The van der Waals surface area contributed by atoms with Crippen LogP contribution in [0.25, 0.3) is 66.6 Å². The summed E-state index contributed by atoms with van der Waals surface area (Å²) >= 11 is 0. The van der Waals surface area contributed by atoms with Crippen molar-refractivity contribution in [3.8, 4) is 46.0 Å². The van der Waals surface area contributed by atoms with Gasteiger partial charge in [0, 0.05) is 33.7 Å². The normalized spacial score (nSPS) is 15.0. The van der Waals surface area contributed by atoms with Gasteiger partial charge in [0.1, 0.15) is 45.2 Å². The number of nitrogens with zero attached hydrogens (tertiary/aromatic N) is 4. The van der Waals surface area contributed by atoms with Gasteiger partial charge in [-0.2, -0.15) is 18.3 Å². The highest BCUT2D eigenvalue weighted by Gasteiger charge is 2.69. The maximum atomic E-state index is 6.93. The molecule has 0 amide bonds. The number of para-hydroxylation sites is 2. The predicted octanol–water partition coefficient (Wildman–Crippen LogP) is 6.48. The Kier molecular flexibility index (Phi) is 3.33. The molecule has 8 heterocycles. The minimum absolute atomic E-state index is 0.732. The summed E-state index contributed by atoms with van der Waals surface area (Å²) in [7, 11) is 3.49. The molecular weight excluding hydrogens is 548 g/mol. The number of benzene rings is 4. The molecule has 12 rings (SSSR count). The van der Waals surface area contributed by atoms with E-state index in [1.165, 1.54) is 21.5 Å². The van der Waals surface area contributed by atoms with Crippen LogP contribution in [-0.2, 0) is 5.66 Å². The molecule has 0 fully saturated rings. The number of fused-ring (bicyclic) bond motifs is 9. The molecule has 7 nitrogen and oxygen atoms in total. The van der Waals surface area contributed by atoms with Crippen LogP contribution in [0.4, 0.5) is 0 Å².